The van der Waals surface area contributed by atoms with Gasteiger partial charge in [0, 0.05) is 6.54 Å². The molecule has 0 spiro atoms. The maximum atomic E-state index is 13.8. The van der Waals surface area contributed by atoms with Crippen molar-refractivity contribution < 1.29 is 18.4 Å². The molecular weight excluding hydrogens is 276 g/mol. The second-order valence-electron chi connectivity index (χ2n) is 5.31. The Morgan fingerprint density at radius 1 is 0.952 bits per heavy atom. The molecule has 1 aliphatic rings. The predicted molar refractivity (Wildman–Crippen MR) is 76.4 cm³/mol. The quantitative estimate of drug-likeness (QED) is 0.566. The molecule has 21 heavy (non-hydrogen) atoms. The minimum Gasteiger partial charge on any atom is -0.302 e. The van der Waals surface area contributed by atoms with Crippen LogP contribution in [-0.2, 0) is 4.79 Å². The van der Waals surface area contributed by atoms with Crippen LogP contribution in [0.3, 0.4) is 0 Å². The molecule has 0 aliphatic carbocycles. The molecule has 1 aliphatic heterocycles. The highest BCUT2D eigenvalue weighted by molar-refractivity contribution is 6.52. The summed E-state index contributed by atoms with van der Waals surface area (Å²) in [6.07, 6.45) is 6.08. The summed E-state index contributed by atoms with van der Waals surface area (Å²) in [7, 11) is 0. The van der Waals surface area contributed by atoms with Crippen molar-refractivity contribution in [3.63, 3.8) is 0 Å². The van der Waals surface area contributed by atoms with E-state index in [1.807, 2.05) is 0 Å². The summed E-state index contributed by atoms with van der Waals surface area (Å²) < 4.78 is 27.5. The van der Waals surface area contributed by atoms with E-state index in [4.69, 9.17) is 0 Å². The van der Waals surface area contributed by atoms with E-state index in [0.717, 1.165) is 42.7 Å². The van der Waals surface area contributed by atoms with Gasteiger partial charge in [0.1, 0.15) is 11.6 Å². The van der Waals surface area contributed by atoms with Gasteiger partial charge in [-0.1, -0.05) is 39.0 Å². The average Bonchev–Trinajstić information content (AvgIpc) is 2.72. The van der Waals surface area contributed by atoms with E-state index in [0.29, 0.717) is 6.42 Å². The van der Waals surface area contributed by atoms with Gasteiger partial charge in [-0.3, -0.25) is 9.59 Å². The van der Waals surface area contributed by atoms with Crippen molar-refractivity contribution in [1.29, 1.82) is 0 Å². The lowest BCUT2D eigenvalue weighted by molar-refractivity contribution is -0.114. The number of unbranched alkanes of at least 4 members (excludes halogenated alkanes) is 5. The lowest BCUT2D eigenvalue weighted by atomic mass is 10.1. The van der Waals surface area contributed by atoms with E-state index in [-0.39, 0.29) is 12.2 Å². The number of hydrogen-bond acceptors (Lipinski definition) is 2. The van der Waals surface area contributed by atoms with Crippen LogP contribution in [-0.4, -0.2) is 18.2 Å². The third-order valence-electron chi connectivity index (χ3n) is 3.75. The van der Waals surface area contributed by atoms with Gasteiger partial charge in [-0.15, -0.1) is 0 Å². The first-order chi connectivity index (χ1) is 10.1. The number of ketones is 1. The predicted octanol–water partition coefficient (Wildman–Crippen LogP) is 3.85. The number of fused-ring (bicyclic) bond motifs is 1. The Hall–Kier alpha value is -1.78. The zero-order chi connectivity index (χ0) is 15.4. The third-order valence-corrected chi connectivity index (χ3v) is 3.75. The molecule has 1 aromatic carbocycles. The SMILES string of the molecule is CCCCCCCCN1C(=O)C(=O)c2c(F)ccc(F)c21. The van der Waals surface area contributed by atoms with Gasteiger partial charge in [-0.05, 0) is 18.6 Å². The maximum Gasteiger partial charge on any atom is 0.299 e. The monoisotopic (exact) mass is 295 g/mol. The second kappa shape index (κ2) is 6.78. The fourth-order valence-corrected chi connectivity index (χ4v) is 2.62. The number of nitrogens with zero attached hydrogens (tertiary/aromatic N) is 1. The summed E-state index contributed by atoms with van der Waals surface area (Å²) in [5.41, 5.74) is -0.621. The Kier molecular flexibility index (Phi) is 5.04. The molecule has 1 heterocycles. The van der Waals surface area contributed by atoms with E-state index in [1.165, 1.54) is 6.42 Å². The van der Waals surface area contributed by atoms with Gasteiger partial charge in [0.2, 0.25) is 0 Å². The summed E-state index contributed by atoms with van der Waals surface area (Å²) in [6, 6.07) is 1.84. The number of carbonyl (C=O) groups is 2. The van der Waals surface area contributed by atoms with Crippen LogP contribution in [0.1, 0.15) is 55.8 Å². The van der Waals surface area contributed by atoms with E-state index in [2.05, 4.69) is 6.92 Å². The highest BCUT2D eigenvalue weighted by atomic mass is 19.1. The number of Topliss-reactive ketones (excluding diaryl/α,β-unsaturated/α-hetero) is 1. The van der Waals surface area contributed by atoms with Crippen LogP contribution >= 0.6 is 0 Å². The van der Waals surface area contributed by atoms with Gasteiger partial charge in [0.25, 0.3) is 11.7 Å². The highest BCUT2D eigenvalue weighted by Crippen LogP contribution is 2.33. The van der Waals surface area contributed by atoms with E-state index >= 15 is 0 Å². The Labute approximate surface area is 122 Å². The Balaban J connectivity index is 2.04. The van der Waals surface area contributed by atoms with Crippen LogP contribution in [0.5, 0.6) is 0 Å². The summed E-state index contributed by atoms with van der Waals surface area (Å²) in [4.78, 5) is 24.7. The summed E-state index contributed by atoms with van der Waals surface area (Å²) >= 11 is 0. The van der Waals surface area contributed by atoms with Crippen molar-refractivity contribution in [2.45, 2.75) is 45.4 Å². The largest absolute Gasteiger partial charge is 0.302 e. The molecule has 0 fully saturated rings. The highest BCUT2D eigenvalue weighted by Gasteiger charge is 2.40. The van der Waals surface area contributed by atoms with Crippen LogP contribution in [0.4, 0.5) is 14.5 Å². The lowest BCUT2D eigenvalue weighted by Crippen LogP contribution is -2.31. The third kappa shape index (κ3) is 3.12. The number of hydrogen-bond donors (Lipinski definition) is 0. The zero-order valence-electron chi connectivity index (χ0n) is 12.1. The van der Waals surface area contributed by atoms with Crippen molar-refractivity contribution in [2.24, 2.45) is 0 Å². The first-order valence-electron chi connectivity index (χ1n) is 7.42. The maximum absolute atomic E-state index is 13.8. The Morgan fingerprint density at radius 2 is 1.57 bits per heavy atom. The normalized spacial score (nSPS) is 14.0. The Morgan fingerprint density at radius 3 is 2.29 bits per heavy atom. The fourth-order valence-electron chi connectivity index (χ4n) is 2.62. The molecule has 0 unspecified atom stereocenters. The molecule has 0 aromatic heterocycles. The van der Waals surface area contributed by atoms with Gasteiger partial charge < -0.3 is 4.90 Å². The molecule has 1 amide bonds. The van der Waals surface area contributed by atoms with Crippen LogP contribution in [0.25, 0.3) is 0 Å². The fraction of sp³-hybridized carbons (Fsp3) is 0.500. The minimum absolute atomic E-state index is 0.196. The van der Waals surface area contributed by atoms with Crippen molar-refractivity contribution in [1.82, 2.24) is 0 Å². The zero-order valence-corrected chi connectivity index (χ0v) is 12.1. The summed E-state index contributed by atoms with van der Waals surface area (Å²) in [5.74, 6) is -3.35. The van der Waals surface area contributed by atoms with Crippen LogP contribution in [0.2, 0.25) is 0 Å². The smallest absolute Gasteiger partial charge is 0.299 e. The molecule has 114 valence electrons. The van der Waals surface area contributed by atoms with Gasteiger partial charge >= 0.3 is 0 Å². The number of halogens is 2. The van der Waals surface area contributed by atoms with E-state index in [9.17, 15) is 18.4 Å². The number of rotatable bonds is 7. The van der Waals surface area contributed by atoms with Crippen molar-refractivity contribution in [2.75, 3.05) is 11.4 Å². The van der Waals surface area contributed by atoms with Crippen molar-refractivity contribution >= 4 is 17.4 Å². The molecular formula is C16H19F2NO2. The molecule has 0 radical (unpaired) electrons. The molecule has 0 atom stereocenters. The standard InChI is InChI=1S/C16H19F2NO2/c1-2-3-4-5-6-7-10-19-14-12(18)9-8-11(17)13(14)15(20)16(19)21/h8-9H,2-7,10H2,1H3. The number of anilines is 1. The topological polar surface area (TPSA) is 37.4 Å². The molecule has 1 aromatic rings. The summed E-state index contributed by atoms with van der Waals surface area (Å²) in [6.45, 7) is 2.38. The second-order valence-corrected chi connectivity index (χ2v) is 5.31. The molecule has 5 heteroatoms. The number of benzene rings is 1. The first-order valence-corrected chi connectivity index (χ1v) is 7.42. The Bertz CT molecular complexity index is 557. The minimum atomic E-state index is -0.951. The summed E-state index contributed by atoms with van der Waals surface area (Å²) in [5, 5.41) is 0. The van der Waals surface area contributed by atoms with Gasteiger partial charge in [-0.2, -0.15) is 0 Å². The van der Waals surface area contributed by atoms with E-state index in [1.54, 1.807) is 0 Å². The van der Waals surface area contributed by atoms with Crippen LogP contribution in [0, 0.1) is 11.6 Å². The van der Waals surface area contributed by atoms with Crippen molar-refractivity contribution in [3.05, 3.63) is 29.3 Å². The van der Waals surface area contributed by atoms with Gasteiger partial charge in [0.15, 0.2) is 0 Å². The molecule has 0 saturated heterocycles. The first kappa shape index (κ1) is 15.6. The lowest BCUT2D eigenvalue weighted by Gasteiger charge is -2.16. The van der Waals surface area contributed by atoms with Crippen LogP contribution in [0.15, 0.2) is 12.1 Å². The van der Waals surface area contributed by atoms with Gasteiger partial charge in [0.05, 0.1) is 11.3 Å². The van der Waals surface area contributed by atoms with Crippen molar-refractivity contribution in [3.8, 4) is 0 Å². The molecule has 3 nitrogen and oxygen atoms in total. The average molecular weight is 295 g/mol. The molecule has 2 rings (SSSR count). The number of amides is 1. The number of carbonyl (C=O) groups excluding carboxylic acids is 2. The van der Waals surface area contributed by atoms with Gasteiger partial charge in [-0.25, -0.2) is 8.78 Å². The molecule has 0 saturated carbocycles. The van der Waals surface area contributed by atoms with Crippen LogP contribution < -0.4 is 4.90 Å². The van der Waals surface area contributed by atoms with E-state index < -0.39 is 28.9 Å². The molecule has 0 bridgehead atoms. The molecule has 0 N–H and O–H groups in total.